The maximum Gasteiger partial charge on any atom is 0.134 e. The number of hydrogen-bond acceptors (Lipinski definition) is 3. The van der Waals surface area contributed by atoms with Gasteiger partial charge in [0, 0.05) is 12.4 Å². The topological polar surface area (TPSA) is 31.4 Å². The molecular weight excluding hydrogens is 370 g/mol. The third-order valence-corrected chi connectivity index (χ3v) is 4.62. The number of pyridine rings is 1. The first-order chi connectivity index (χ1) is 14.5. The second-order valence-corrected chi connectivity index (χ2v) is 8.19. The Bertz CT molecular complexity index is 955. The van der Waals surface area contributed by atoms with Crippen molar-refractivity contribution < 1.29 is 9.47 Å². The number of rotatable bonds is 8. The van der Waals surface area contributed by atoms with Crippen molar-refractivity contribution in [2.75, 3.05) is 6.61 Å². The summed E-state index contributed by atoms with van der Waals surface area (Å²) in [6, 6.07) is 22.3. The minimum absolute atomic E-state index is 0.166. The van der Waals surface area contributed by atoms with Crippen LogP contribution in [-0.2, 0) is 4.74 Å². The fourth-order valence-corrected chi connectivity index (χ4v) is 3.19. The monoisotopic (exact) mass is 399 g/mol. The van der Waals surface area contributed by atoms with Crippen molar-refractivity contribution in [3.8, 4) is 16.9 Å². The molecule has 0 radical (unpaired) electrons. The van der Waals surface area contributed by atoms with Crippen LogP contribution in [0.2, 0.25) is 0 Å². The Morgan fingerprint density at radius 2 is 1.67 bits per heavy atom. The van der Waals surface area contributed by atoms with E-state index in [1.165, 1.54) is 5.56 Å². The standard InChI is InChI=1S/C27H29NO2/c1-5-18-29-26(27(2,3)4)25(19-21-10-9-17-28-20-21)30-24-15-13-23(14-16-24)22-11-7-6-8-12-22/h5-17,19-20,26H,1,18H2,2-4H3/b25-19+. The van der Waals surface area contributed by atoms with Crippen molar-refractivity contribution in [2.24, 2.45) is 5.41 Å². The molecule has 3 heteroatoms. The summed E-state index contributed by atoms with van der Waals surface area (Å²) in [5.41, 5.74) is 3.12. The molecule has 0 N–H and O–H groups in total. The van der Waals surface area contributed by atoms with Gasteiger partial charge in [0.05, 0.1) is 6.61 Å². The van der Waals surface area contributed by atoms with Crippen molar-refractivity contribution in [1.29, 1.82) is 0 Å². The molecule has 0 saturated carbocycles. The number of nitrogens with zero attached hydrogens (tertiary/aromatic N) is 1. The summed E-state index contributed by atoms with van der Waals surface area (Å²) in [6.07, 6.45) is 7.08. The molecular formula is C27H29NO2. The smallest absolute Gasteiger partial charge is 0.134 e. The number of ether oxygens (including phenoxy) is 2. The third-order valence-electron chi connectivity index (χ3n) is 4.62. The van der Waals surface area contributed by atoms with E-state index in [0.717, 1.165) is 22.6 Å². The van der Waals surface area contributed by atoms with Crippen LogP contribution in [-0.4, -0.2) is 17.7 Å². The predicted octanol–water partition coefficient (Wildman–Crippen LogP) is 6.79. The van der Waals surface area contributed by atoms with E-state index in [1.54, 1.807) is 12.3 Å². The van der Waals surface area contributed by atoms with Crippen LogP contribution in [0.3, 0.4) is 0 Å². The highest BCUT2D eigenvalue weighted by Gasteiger charge is 2.30. The SMILES string of the molecule is C=CCOC(/C(=C\c1cccnc1)Oc1ccc(-c2ccccc2)cc1)C(C)(C)C. The van der Waals surface area contributed by atoms with Crippen molar-refractivity contribution >= 4 is 6.08 Å². The summed E-state index contributed by atoms with van der Waals surface area (Å²) in [7, 11) is 0. The van der Waals surface area contributed by atoms with Gasteiger partial charge >= 0.3 is 0 Å². The zero-order chi connectivity index (χ0) is 21.4. The van der Waals surface area contributed by atoms with Gasteiger partial charge in [-0.2, -0.15) is 0 Å². The number of hydrogen-bond donors (Lipinski definition) is 0. The fourth-order valence-electron chi connectivity index (χ4n) is 3.19. The Labute approximate surface area is 179 Å². The lowest BCUT2D eigenvalue weighted by Gasteiger charge is -2.32. The fraction of sp³-hybridized carbons (Fsp3) is 0.222. The summed E-state index contributed by atoms with van der Waals surface area (Å²) < 4.78 is 12.5. The van der Waals surface area contributed by atoms with Crippen molar-refractivity contribution in [2.45, 2.75) is 26.9 Å². The molecule has 1 heterocycles. The lowest BCUT2D eigenvalue weighted by molar-refractivity contribution is 0.00175. The first kappa shape index (κ1) is 21.5. The van der Waals surface area contributed by atoms with Crippen LogP contribution in [0.4, 0.5) is 0 Å². The first-order valence-electron chi connectivity index (χ1n) is 10.1. The molecule has 1 atom stereocenters. The molecule has 0 saturated heterocycles. The zero-order valence-corrected chi connectivity index (χ0v) is 17.9. The summed E-state index contributed by atoms with van der Waals surface area (Å²) in [5.74, 6) is 1.51. The molecule has 0 fully saturated rings. The van der Waals surface area contributed by atoms with E-state index in [0.29, 0.717) is 6.61 Å². The minimum atomic E-state index is -0.246. The van der Waals surface area contributed by atoms with Crippen LogP contribution in [0.1, 0.15) is 26.3 Å². The van der Waals surface area contributed by atoms with Gasteiger partial charge in [0.1, 0.15) is 17.6 Å². The average molecular weight is 400 g/mol. The molecule has 0 bridgehead atoms. The van der Waals surface area contributed by atoms with Gasteiger partial charge < -0.3 is 9.47 Å². The van der Waals surface area contributed by atoms with Gasteiger partial charge in [0.15, 0.2) is 0 Å². The molecule has 0 aliphatic heterocycles. The molecule has 2 aromatic carbocycles. The number of aromatic nitrogens is 1. The Morgan fingerprint density at radius 1 is 0.967 bits per heavy atom. The van der Waals surface area contributed by atoms with Gasteiger partial charge in [-0.15, -0.1) is 6.58 Å². The predicted molar refractivity (Wildman–Crippen MR) is 124 cm³/mol. The molecule has 1 unspecified atom stereocenters. The lowest BCUT2D eigenvalue weighted by atomic mass is 9.87. The second kappa shape index (κ2) is 10.0. The molecule has 3 aromatic rings. The van der Waals surface area contributed by atoms with Gasteiger partial charge in [-0.3, -0.25) is 4.98 Å². The molecule has 3 rings (SSSR count). The highest BCUT2D eigenvalue weighted by molar-refractivity contribution is 5.64. The van der Waals surface area contributed by atoms with Crippen LogP contribution in [0, 0.1) is 5.41 Å². The Hall–Kier alpha value is -3.17. The molecule has 0 spiro atoms. The summed E-state index contributed by atoms with van der Waals surface area (Å²) in [4.78, 5) is 4.22. The maximum atomic E-state index is 6.37. The molecule has 0 aliphatic rings. The van der Waals surface area contributed by atoms with Gasteiger partial charge in [0.2, 0.25) is 0 Å². The van der Waals surface area contributed by atoms with Gasteiger partial charge in [-0.1, -0.05) is 75.4 Å². The molecule has 30 heavy (non-hydrogen) atoms. The van der Waals surface area contributed by atoms with Gasteiger partial charge in [-0.05, 0) is 46.4 Å². The van der Waals surface area contributed by atoms with Crippen molar-refractivity contribution in [3.05, 3.63) is 103 Å². The van der Waals surface area contributed by atoms with E-state index in [1.807, 2.05) is 54.7 Å². The van der Waals surface area contributed by atoms with E-state index >= 15 is 0 Å². The van der Waals surface area contributed by atoms with Crippen LogP contribution in [0.15, 0.2) is 97.5 Å². The Morgan fingerprint density at radius 3 is 2.27 bits per heavy atom. The highest BCUT2D eigenvalue weighted by atomic mass is 16.5. The molecule has 1 aromatic heterocycles. The van der Waals surface area contributed by atoms with Crippen LogP contribution < -0.4 is 4.74 Å². The van der Waals surface area contributed by atoms with Crippen LogP contribution in [0.5, 0.6) is 5.75 Å². The summed E-state index contributed by atoms with van der Waals surface area (Å²) in [5, 5.41) is 0. The zero-order valence-electron chi connectivity index (χ0n) is 17.9. The van der Waals surface area contributed by atoms with E-state index in [-0.39, 0.29) is 11.5 Å². The second-order valence-electron chi connectivity index (χ2n) is 8.19. The highest BCUT2D eigenvalue weighted by Crippen LogP contribution is 2.32. The molecule has 0 aliphatic carbocycles. The lowest BCUT2D eigenvalue weighted by Crippen LogP contribution is -2.33. The Balaban J connectivity index is 1.92. The third kappa shape index (κ3) is 5.91. The van der Waals surface area contributed by atoms with Crippen LogP contribution in [0.25, 0.3) is 17.2 Å². The quantitative estimate of drug-likeness (QED) is 0.309. The Kier molecular flexibility index (Phi) is 7.21. The average Bonchev–Trinajstić information content (AvgIpc) is 2.75. The molecule has 154 valence electrons. The van der Waals surface area contributed by atoms with Crippen molar-refractivity contribution in [3.63, 3.8) is 0 Å². The summed E-state index contributed by atoms with van der Waals surface area (Å²) >= 11 is 0. The van der Waals surface area contributed by atoms with Crippen molar-refractivity contribution in [1.82, 2.24) is 4.98 Å². The minimum Gasteiger partial charge on any atom is -0.459 e. The van der Waals surface area contributed by atoms with E-state index in [2.05, 4.69) is 56.6 Å². The van der Waals surface area contributed by atoms with Crippen LogP contribution >= 0.6 is 0 Å². The largest absolute Gasteiger partial charge is 0.459 e. The van der Waals surface area contributed by atoms with E-state index < -0.39 is 0 Å². The maximum absolute atomic E-state index is 6.37. The van der Waals surface area contributed by atoms with Gasteiger partial charge in [0.25, 0.3) is 0 Å². The van der Waals surface area contributed by atoms with E-state index in [9.17, 15) is 0 Å². The van der Waals surface area contributed by atoms with Gasteiger partial charge in [-0.25, -0.2) is 0 Å². The number of benzene rings is 2. The normalized spacial score (nSPS) is 13.0. The molecule has 0 amide bonds. The first-order valence-corrected chi connectivity index (χ1v) is 10.1. The van der Waals surface area contributed by atoms with E-state index in [4.69, 9.17) is 9.47 Å². The molecule has 3 nitrogen and oxygen atoms in total. The summed E-state index contributed by atoms with van der Waals surface area (Å²) in [6.45, 7) is 10.6.